The second-order valence-corrected chi connectivity index (χ2v) is 33.2. The van der Waals surface area contributed by atoms with Gasteiger partial charge in [-0.1, -0.05) is 197 Å². The summed E-state index contributed by atoms with van der Waals surface area (Å²) in [5, 5.41) is 0. The van der Waals surface area contributed by atoms with Gasteiger partial charge < -0.3 is 62.8 Å². The van der Waals surface area contributed by atoms with Crippen LogP contribution in [-0.4, -0.2) is 78.9 Å². The average Bonchev–Trinajstić information content (AvgIpc) is 0.775. The first-order valence-electron chi connectivity index (χ1n) is 36.1. The van der Waals surface area contributed by atoms with Gasteiger partial charge in [-0.2, -0.15) is 0 Å². The number of hydrogen-bond donors (Lipinski definition) is 6. The van der Waals surface area contributed by atoms with Crippen molar-refractivity contribution in [1.29, 1.82) is 0 Å². The van der Waals surface area contributed by atoms with Crippen LogP contribution in [0.15, 0.2) is 72.8 Å². The van der Waals surface area contributed by atoms with E-state index in [2.05, 4.69) is 197 Å². The maximum atomic E-state index is 7.25. The second-order valence-electron chi connectivity index (χ2n) is 33.2. The van der Waals surface area contributed by atoms with Crippen LogP contribution in [-0.2, 0) is 71.0 Å². The first kappa shape index (κ1) is 77.2. The van der Waals surface area contributed by atoms with Crippen molar-refractivity contribution >= 4 is 0 Å². The molecule has 0 aromatic heterocycles. The van der Waals surface area contributed by atoms with Crippen molar-refractivity contribution in [3.05, 3.63) is 173 Å². The van der Waals surface area contributed by atoms with Crippen LogP contribution in [0, 0.1) is 0 Å². The van der Waals surface area contributed by atoms with Crippen LogP contribution in [0.2, 0.25) is 0 Å². The van der Waals surface area contributed by atoms with E-state index in [0.29, 0.717) is 156 Å². The summed E-state index contributed by atoms with van der Waals surface area (Å²) in [4.78, 5) is 0. The minimum atomic E-state index is -0.238. The molecule has 96 heavy (non-hydrogen) atoms. The number of fused-ring (bicyclic) bond motifs is 12. The van der Waals surface area contributed by atoms with Crippen LogP contribution >= 0.6 is 0 Å². The fourth-order valence-corrected chi connectivity index (χ4v) is 12.6. The predicted octanol–water partition coefficient (Wildman–Crippen LogP) is 15.7. The zero-order valence-electron chi connectivity index (χ0n) is 62.8. The predicted molar refractivity (Wildman–Crippen MR) is 403 cm³/mol. The van der Waals surface area contributed by atoms with Crippen LogP contribution < -0.4 is 62.8 Å². The maximum Gasteiger partial charge on any atom is 0.126 e. The third-order valence-electron chi connectivity index (χ3n) is 18.5. The summed E-state index contributed by atoms with van der Waals surface area (Å²) >= 11 is 0. The van der Waals surface area contributed by atoms with Crippen molar-refractivity contribution in [2.75, 3.05) is 78.9 Å². The summed E-state index contributed by atoms with van der Waals surface area (Å²) in [6.45, 7) is 47.2. The topological polar surface area (TPSA) is 212 Å². The molecular weight excluding hydrogens is 1190 g/mol. The quantitative estimate of drug-likeness (QED) is 0.0312. The Morgan fingerprint density at radius 1 is 0.208 bits per heavy atom. The van der Waals surface area contributed by atoms with Gasteiger partial charge in [0.1, 0.15) is 34.5 Å². The molecule has 0 atom stereocenters. The number of ether oxygens (including phenoxy) is 6. The van der Waals surface area contributed by atoms with Crippen molar-refractivity contribution in [1.82, 2.24) is 0 Å². The zero-order chi connectivity index (χ0) is 70.6. The molecule has 0 unspecified atom stereocenters. The molecule has 0 saturated heterocycles. The first-order chi connectivity index (χ1) is 45.1. The van der Waals surface area contributed by atoms with Crippen molar-refractivity contribution in [2.24, 2.45) is 34.4 Å². The van der Waals surface area contributed by atoms with Gasteiger partial charge in [0.05, 0.1) is 39.6 Å². The maximum absolute atomic E-state index is 7.25. The van der Waals surface area contributed by atoms with Gasteiger partial charge in [0, 0.05) is 38.5 Å². The minimum Gasteiger partial charge on any atom is -0.493 e. The number of hydrogen-bond acceptors (Lipinski definition) is 12. The lowest BCUT2D eigenvalue weighted by Crippen LogP contribution is -2.18. The lowest BCUT2D eigenvalue weighted by molar-refractivity contribution is 0.301. The highest BCUT2D eigenvalue weighted by Crippen LogP contribution is 2.47. The van der Waals surface area contributed by atoms with E-state index < -0.39 is 0 Å². The normalized spacial score (nSPS) is 13.5. The van der Waals surface area contributed by atoms with Crippen molar-refractivity contribution < 1.29 is 28.4 Å². The van der Waals surface area contributed by atoms with Crippen molar-refractivity contribution in [2.45, 2.75) is 234 Å². The highest BCUT2D eigenvalue weighted by atomic mass is 16.5. The third-order valence-corrected chi connectivity index (χ3v) is 18.5. The SMILES string of the molecule is CC(C)(C)c1cc2c(OCCCN)c(c1)Cc1cc(C(C)(C)C)cc(c1OCCCN)Cc1cc(C(C)(C)C)cc(c1OCCCN)Cc1cc(C(C)(C)C)cc(c1OCCCN)Cc1cc(C(C)(C)C)cc(c1OCCCN)Cc1cc(C(C)(C)C)cc(c1OCCCN)C2. The van der Waals surface area contributed by atoms with Gasteiger partial charge in [-0.3, -0.25) is 0 Å². The Balaban J connectivity index is 1.75. The largest absolute Gasteiger partial charge is 0.493 e. The van der Waals surface area contributed by atoms with Gasteiger partial charge in [-0.25, -0.2) is 0 Å². The molecule has 1 aliphatic carbocycles. The lowest BCUT2D eigenvalue weighted by Gasteiger charge is -2.29. The van der Waals surface area contributed by atoms with Crippen molar-refractivity contribution in [3.63, 3.8) is 0 Å². The van der Waals surface area contributed by atoms with Crippen LogP contribution in [0.5, 0.6) is 34.5 Å². The van der Waals surface area contributed by atoms with Gasteiger partial charge in [-0.05, 0) is 210 Å². The molecule has 0 saturated carbocycles. The Kier molecular flexibility index (Phi) is 26.7. The van der Waals surface area contributed by atoms with Gasteiger partial charge in [0.15, 0.2) is 0 Å². The summed E-state index contributed by atoms with van der Waals surface area (Å²) in [7, 11) is 0. The molecule has 0 amide bonds. The Morgan fingerprint density at radius 3 is 0.396 bits per heavy atom. The van der Waals surface area contributed by atoms with Crippen LogP contribution in [0.4, 0.5) is 0 Å². The lowest BCUT2D eigenvalue weighted by atomic mass is 9.79. The molecule has 12 N–H and O–H groups in total. The zero-order valence-corrected chi connectivity index (χ0v) is 62.8. The standard InChI is InChI=1S/C84H126N6O6/c1-79(2,3)67-43-55-37-57-45-68(80(4,5)6)47-59(74(57)92-32-20-26-86)39-61-49-70(82(10,11)12)51-63(76(61)94-34-22-28-88)41-65-53-72(84(16,17)18)54-66(78(65)96-36-24-30-90)42-64-52-71(83(13,14)15)50-62(77(64)95-35-23-29-89)40-60-48-69(81(7,8)9)46-58(75(60)93-33-21-27-87)38-56(44-67)73(55)91-31-19-25-85/h43-54H,19-42,85-90H2,1-18H3. The molecule has 0 radical (unpaired) electrons. The van der Waals surface area contributed by atoms with Crippen molar-refractivity contribution in [3.8, 4) is 34.5 Å². The van der Waals surface area contributed by atoms with E-state index in [1.165, 1.54) is 33.4 Å². The molecule has 12 heteroatoms. The monoisotopic (exact) mass is 1310 g/mol. The van der Waals surface area contributed by atoms with E-state index in [1.54, 1.807) is 0 Å². The summed E-state index contributed by atoms with van der Waals surface area (Å²) in [5.41, 5.74) is 56.7. The van der Waals surface area contributed by atoms with E-state index >= 15 is 0 Å². The fraction of sp³-hybridized carbons (Fsp3) is 0.571. The molecule has 0 fully saturated rings. The molecule has 12 nitrogen and oxygen atoms in total. The van der Waals surface area contributed by atoms with Gasteiger partial charge in [0.2, 0.25) is 0 Å². The molecule has 0 heterocycles. The Bertz CT molecular complexity index is 2800. The fourth-order valence-electron chi connectivity index (χ4n) is 12.6. The molecule has 1 aliphatic rings. The molecular formula is C84H126N6O6. The van der Waals surface area contributed by atoms with E-state index in [-0.39, 0.29) is 32.5 Å². The summed E-state index contributed by atoms with van der Waals surface area (Å²) in [6, 6.07) is 28.6. The average molecular weight is 1320 g/mol. The number of nitrogens with two attached hydrogens (primary N) is 6. The van der Waals surface area contributed by atoms with Gasteiger partial charge in [0.25, 0.3) is 0 Å². The van der Waals surface area contributed by atoms with E-state index in [9.17, 15) is 0 Å². The molecule has 6 aromatic carbocycles. The molecule has 528 valence electrons. The molecule has 0 spiro atoms. The number of benzene rings is 6. The van der Waals surface area contributed by atoms with Crippen LogP contribution in [0.1, 0.15) is 263 Å². The Morgan fingerprint density at radius 2 is 0.312 bits per heavy atom. The van der Waals surface area contributed by atoms with E-state index in [0.717, 1.165) is 101 Å². The second kappa shape index (κ2) is 33.2. The van der Waals surface area contributed by atoms with Crippen LogP contribution in [0.25, 0.3) is 0 Å². The van der Waals surface area contributed by atoms with E-state index in [4.69, 9.17) is 62.8 Å². The van der Waals surface area contributed by atoms with Crippen LogP contribution in [0.3, 0.4) is 0 Å². The summed E-state index contributed by atoms with van der Waals surface area (Å²) in [5.74, 6) is 5.15. The highest BCUT2D eigenvalue weighted by Gasteiger charge is 2.32. The molecule has 0 aliphatic heterocycles. The molecule has 7 rings (SSSR count). The van der Waals surface area contributed by atoms with Gasteiger partial charge >= 0.3 is 0 Å². The Hall–Kier alpha value is -6.12. The molecule has 6 aromatic rings. The summed E-state index contributed by atoms with van der Waals surface area (Å²) < 4.78 is 43.5. The Labute approximate surface area is 580 Å². The first-order valence-corrected chi connectivity index (χ1v) is 36.1. The third kappa shape index (κ3) is 20.5. The highest BCUT2D eigenvalue weighted by molar-refractivity contribution is 5.62. The summed E-state index contributed by atoms with van der Waals surface area (Å²) in [6.07, 6.45) is 7.33. The number of rotatable bonds is 24. The smallest absolute Gasteiger partial charge is 0.126 e. The van der Waals surface area contributed by atoms with Gasteiger partial charge in [-0.15, -0.1) is 0 Å². The molecule has 12 bridgehead atoms. The minimum absolute atomic E-state index is 0.238. The van der Waals surface area contributed by atoms with E-state index in [1.807, 2.05) is 0 Å².